The quantitative estimate of drug-likeness (QED) is 0.836. The maximum atomic E-state index is 12.1. The van der Waals surface area contributed by atoms with E-state index in [1.54, 1.807) is 4.90 Å². The van der Waals surface area contributed by atoms with Crippen LogP contribution in [0.1, 0.15) is 16.7 Å². The van der Waals surface area contributed by atoms with E-state index in [0.717, 1.165) is 22.6 Å². The Morgan fingerprint density at radius 3 is 2.50 bits per heavy atom. The largest absolute Gasteiger partial charge is 0.482 e. The normalized spacial score (nSPS) is 13.9. The molecule has 1 aliphatic heterocycles. The second-order valence-corrected chi connectivity index (χ2v) is 5.23. The second-order valence-electron chi connectivity index (χ2n) is 5.23. The minimum absolute atomic E-state index is 0.00179. The second kappa shape index (κ2) is 5.00. The number of aryl methyl sites for hydroxylation is 2. The van der Waals surface area contributed by atoms with E-state index in [4.69, 9.17) is 4.74 Å². The van der Waals surface area contributed by atoms with Gasteiger partial charge in [0.25, 0.3) is 5.91 Å². The number of benzene rings is 2. The van der Waals surface area contributed by atoms with Gasteiger partial charge in [0.1, 0.15) is 5.75 Å². The molecule has 1 amide bonds. The van der Waals surface area contributed by atoms with E-state index in [2.05, 4.69) is 31.2 Å². The molecule has 0 saturated heterocycles. The molecule has 0 radical (unpaired) electrons. The highest BCUT2D eigenvalue weighted by Crippen LogP contribution is 2.33. The zero-order valence-electron chi connectivity index (χ0n) is 11.7. The molecule has 3 rings (SSSR count). The molecule has 102 valence electrons. The minimum atomic E-state index is 0.00179. The molecule has 0 spiro atoms. The third-order valence-electron chi connectivity index (χ3n) is 3.52. The molecule has 0 saturated carbocycles. The van der Waals surface area contributed by atoms with Gasteiger partial charge in [-0.25, -0.2) is 0 Å². The van der Waals surface area contributed by atoms with Gasteiger partial charge in [-0.1, -0.05) is 35.9 Å². The lowest BCUT2D eigenvalue weighted by molar-refractivity contribution is -0.121. The summed E-state index contributed by atoms with van der Waals surface area (Å²) < 4.78 is 5.51. The van der Waals surface area contributed by atoms with Gasteiger partial charge in [-0.2, -0.15) is 0 Å². The number of anilines is 1. The molecule has 0 aromatic heterocycles. The summed E-state index contributed by atoms with van der Waals surface area (Å²) in [4.78, 5) is 13.9. The lowest BCUT2D eigenvalue weighted by atomic mass is 10.1. The Morgan fingerprint density at radius 2 is 1.75 bits per heavy atom. The van der Waals surface area contributed by atoms with Gasteiger partial charge in [0.15, 0.2) is 6.61 Å². The summed E-state index contributed by atoms with van der Waals surface area (Å²) in [5.41, 5.74) is 4.33. The number of hydrogen-bond acceptors (Lipinski definition) is 2. The molecule has 20 heavy (non-hydrogen) atoms. The molecule has 0 fully saturated rings. The lowest BCUT2D eigenvalue weighted by Crippen LogP contribution is -2.38. The highest BCUT2D eigenvalue weighted by atomic mass is 16.5. The summed E-state index contributed by atoms with van der Waals surface area (Å²) in [6.07, 6.45) is 0. The van der Waals surface area contributed by atoms with Crippen molar-refractivity contribution in [2.75, 3.05) is 11.5 Å². The van der Waals surface area contributed by atoms with Crippen LogP contribution in [0, 0.1) is 13.8 Å². The number of ether oxygens (including phenoxy) is 1. The monoisotopic (exact) mass is 267 g/mol. The fourth-order valence-electron chi connectivity index (χ4n) is 2.36. The van der Waals surface area contributed by atoms with Crippen LogP contribution in [0.15, 0.2) is 42.5 Å². The molecule has 0 aliphatic carbocycles. The van der Waals surface area contributed by atoms with Crippen LogP contribution in [0.5, 0.6) is 5.75 Å². The molecule has 0 unspecified atom stereocenters. The van der Waals surface area contributed by atoms with Crippen molar-refractivity contribution < 1.29 is 9.53 Å². The summed E-state index contributed by atoms with van der Waals surface area (Å²) >= 11 is 0. The summed E-state index contributed by atoms with van der Waals surface area (Å²) in [5.74, 6) is 0.790. The van der Waals surface area contributed by atoms with Gasteiger partial charge in [-0.15, -0.1) is 0 Å². The molecule has 1 heterocycles. The molecule has 0 bridgehead atoms. The standard InChI is InChI=1S/C17H17NO2/c1-12-3-6-14(7-4-12)10-18-15-8-5-13(2)9-16(15)20-11-17(18)19/h3-9H,10-11H2,1-2H3. The zero-order valence-corrected chi connectivity index (χ0v) is 11.7. The number of nitrogens with zero attached hydrogens (tertiary/aromatic N) is 1. The number of amides is 1. The first-order valence-electron chi connectivity index (χ1n) is 6.73. The van der Waals surface area contributed by atoms with Crippen molar-refractivity contribution in [3.63, 3.8) is 0 Å². The van der Waals surface area contributed by atoms with Crippen LogP contribution in [0.3, 0.4) is 0 Å². The Kier molecular flexibility index (Phi) is 3.18. The molecule has 1 aliphatic rings. The zero-order chi connectivity index (χ0) is 14.1. The number of fused-ring (bicyclic) bond motifs is 1. The van der Waals surface area contributed by atoms with Gasteiger partial charge in [0.2, 0.25) is 0 Å². The van der Waals surface area contributed by atoms with Crippen LogP contribution in [-0.2, 0) is 11.3 Å². The summed E-state index contributed by atoms with van der Waals surface area (Å²) in [6, 6.07) is 14.2. The Morgan fingerprint density at radius 1 is 1.05 bits per heavy atom. The molecule has 2 aromatic rings. The predicted octanol–water partition coefficient (Wildman–Crippen LogP) is 3.23. The summed E-state index contributed by atoms with van der Waals surface area (Å²) in [5, 5.41) is 0. The third-order valence-corrected chi connectivity index (χ3v) is 3.52. The van der Waals surface area contributed by atoms with Crippen molar-refractivity contribution in [2.24, 2.45) is 0 Å². The third kappa shape index (κ3) is 2.39. The number of rotatable bonds is 2. The number of carbonyl (C=O) groups is 1. The van der Waals surface area contributed by atoms with Crippen molar-refractivity contribution in [1.82, 2.24) is 0 Å². The van der Waals surface area contributed by atoms with Gasteiger partial charge >= 0.3 is 0 Å². The topological polar surface area (TPSA) is 29.5 Å². The SMILES string of the molecule is Cc1ccc(CN2C(=O)COc3cc(C)ccc32)cc1. The van der Waals surface area contributed by atoms with E-state index in [1.165, 1.54) is 5.56 Å². The first-order chi connectivity index (χ1) is 9.63. The summed E-state index contributed by atoms with van der Waals surface area (Å²) in [6.45, 7) is 4.77. The van der Waals surface area contributed by atoms with Crippen LogP contribution in [0.4, 0.5) is 5.69 Å². The average molecular weight is 267 g/mol. The predicted molar refractivity (Wildman–Crippen MR) is 79.0 cm³/mol. The average Bonchev–Trinajstić information content (AvgIpc) is 2.44. The van der Waals surface area contributed by atoms with E-state index in [-0.39, 0.29) is 12.5 Å². The van der Waals surface area contributed by atoms with Crippen LogP contribution >= 0.6 is 0 Å². The van der Waals surface area contributed by atoms with Crippen molar-refractivity contribution >= 4 is 11.6 Å². The number of carbonyl (C=O) groups excluding carboxylic acids is 1. The Balaban J connectivity index is 1.93. The Labute approximate surface area is 118 Å². The van der Waals surface area contributed by atoms with Crippen LogP contribution in [-0.4, -0.2) is 12.5 Å². The van der Waals surface area contributed by atoms with Crippen LogP contribution < -0.4 is 9.64 Å². The fourth-order valence-corrected chi connectivity index (χ4v) is 2.36. The van der Waals surface area contributed by atoms with E-state index in [9.17, 15) is 4.79 Å². The van der Waals surface area contributed by atoms with Crippen molar-refractivity contribution in [1.29, 1.82) is 0 Å². The highest BCUT2D eigenvalue weighted by molar-refractivity contribution is 5.97. The summed E-state index contributed by atoms with van der Waals surface area (Å²) in [7, 11) is 0. The molecular weight excluding hydrogens is 250 g/mol. The molecule has 3 heteroatoms. The van der Waals surface area contributed by atoms with E-state index in [0.29, 0.717) is 6.54 Å². The maximum Gasteiger partial charge on any atom is 0.265 e. The first kappa shape index (κ1) is 12.7. The fraction of sp³-hybridized carbons (Fsp3) is 0.235. The maximum absolute atomic E-state index is 12.1. The van der Waals surface area contributed by atoms with Gasteiger partial charge in [0.05, 0.1) is 12.2 Å². The van der Waals surface area contributed by atoms with E-state index >= 15 is 0 Å². The Hall–Kier alpha value is -2.29. The van der Waals surface area contributed by atoms with E-state index in [1.807, 2.05) is 25.1 Å². The van der Waals surface area contributed by atoms with Crippen molar-refractivity contribution in [3.8, 4) is 5.75 Å². The van der Waals surface area contributed by atoms with Gasteiger partial charge in [-0.05, 0) is 37.1 Å². The first-order valence-corrected chi connectivity index (χ1v) is 6.73. The van der Waals surface area contributed by atoms with E-state index < -0.39 is 0 Å². The van der Waals surface area contributed by atoms with Crippen LogP contribution in [0.2, 0.25) is 0 Å². The van der Waals surface area contributed by atoms with Gasteiger partial charge in [-0.3, -0.25) is 4.79 Å². The molecular formula is C17H17NO2. The minimum Gasteiger partial charge on any atom is -0.482 e. The van der Waals surface area contributed by atoms with Gasteiger partial charge < -0.3 is 9.64 Å². The molecule has 0 atom stereocenters. The number of hydrogen-bond donors (Lipinski definition) is 0. The van der Waals surface area contributed by atoms with Crippen molar-refractivity contribution in [2.45, 2.75) is 20.4 Å². The van der Waals surface area contributed by atoms with Gasteiger partial charge in [0, 0.05) is 0 Å². The molecule has 3 nitrogen and oxygen atoms in total. The Bertz CT molecular complexity index is 647. The smallest absolute Gasteiger partial charge is 0.265 e. The molecule has 0 N–H and O–H groups in total. The van der Waals surface area contributed by atoms with Crippen molar-refractivity contribution in [3.05, 3.63) is 59.2 Å². The van der Waals surface area contributed by atoms with Crippen LogP contribution in [0.25, 0.3) is 0 Å². The molecule has 2 aromatic carbocycles. The lowest BCUT2D eigenvalue weighted by Gasteiger charge is -2.29. The highest BCUT2D eigenvalue weighted by Gasteiger charge is 2.25.